The first-order chi connectivity index (χ1) is 24.2. The summed E-state index contributed by atoms with van der Waals surface area (Å²) in [5.41, 5.74) is 0. The molecule has 1 radical (unpaired) electrons. The molecule has 0 nitrogen and oxygen atoms in total. The van der Waals surface area contributed by atoms with Crippen molar-refractivity contribution < 1.29 is 22.4 Å². The standard InChI is InChI=1S/C27H26P2.C18H16ClP.Au/c1-5-14-24(15-6-1)28(25-16-7-2-8-17-25)22-13-23-29(26-18-9-3-10-19-26)27-20-11-4-12-21-27;19-20(16-10-4-1-5-11-16,17-12-6-2-7-13-17)18-14-8-3-9-15-18;/h1-12,14-21H,13,22-23H2;1-15,20H;. The SMILES string of the molecule is Cl[PH](c1ccccc1)(c1ccccc1)c1ccccc1.[Au].c1ccc(P(CCCP(c2ccccc2)c2ccccc2)c2ccccc2)cc1. The van der Waals surface area contributed by atoms with E-state index in [2.05, 4.69) is 194 Å². The van der Waals surface area contributed by atoms with Gasteiger partial charge in [-0.15, -0.1) is 0 Å². The Kier molecular flexibility index (Phi) is 15.3. The second-order valence-electron chi connectivity index (χ2n) is 11.8. The molecule has 50 heavy (non-hydrogen) atoms. The van der Waals surface area contributed by atoms with Gasteiger partial charge in [-0.2, -0.15) is 0 Å². The van der Waals surface area contributed by atoms with E-state index in [-0.39, 0.29) is 38.2 Å². The molecule has 0 bridgehead atoms. The molecule has 255 valence electrons. The van der Waals surface area contributed by atoms with Crippen LogP contribution in [0.4, 0.5) is 0 Å². The van der Waals surface area contributed by atoms with Gasteiger partial charge in [0.25, 0.3) is 0 Å². The van der Waals surface area contributed by atoms with Crippen LogP contribution in [0.1, 0.15) is 6.42 Å². The molecule has 0 aliphatic rings. The van der Waals surface area contributed by atoms with E-state index in [1.54, 1.807) is 0 Å². The van der Waals surface area contributed by atoms with Gasteiger partial charge in [-0.3, -0.25) is 0 Å². The summed E-state index contributed by atoms with van der Waals surface area (Å²) in [7, 11) is -0.618. The molecular weight excluding hydrogens is 866 g/mol. The van der Waals surface area contributed by atoms with Gasteiger partial charge < -0.3 is 0 Å². The molecule has 0 saturated heterocycles. The van der Waals surface area contributed by atoms with Gasteiger partial charge >= 0.3 is 125 Å². The minimum atomic E-state index is -2.41. The zero-order valence-corrected chi connectivity index (χ0v) is 33.6. The van der Waals surface area contributed by atoms with Crippen LogP contribution in [0.3, 0.4) is 0 Å². The summed E-state index contributed by atoms with van der Waals surface area (Å²) in [6.45, 7) is -2.41. The number of halogens is 1. The average molecular weight is 908 g/mol. The zero-order chi connectivity index (χ0) is 33.6. The zero-order valence-electron chi connectivity index (χ0n) is 27.9. The van der Waals surface area contributed by atoms with E-state index in [0.29, 0.717) is 0 Å². The third-order valence-corrected chi connectivity index (χ3v) is 19.1. The summed E-state index contributed by atoms with van der Waals surface area (Å²) in [5, 5.41) is 9.60. The summed E-state index contributed by atoms with van der Waals surface area (Å²) >= 11 is 7.25. The molecule has 0 N–H and O–H groups in total. The molecule has 7 aromatic rings. The first-order valence-electron chi connectivity index (χ1n) is 16.8. The van der Waals surface area contributed by atoms with Crippen molar-refractivity contribution in [1.82, 2.24) is 0 Å². The molecular formula is C45H42AuClP3. The van der Waals surface area contributed by atoms with Crippen LogP contribution in [0.2, 0.25) is 0 Å². The fraction of sp³-hybridized carbons (Fsp3) is 0.0667. The van der Waals surface area contributed by atoms with Crippen molar-refractivity contribution in [2.24, 2.45) is 0 Å². The molecule has 0 aliphatic carbocycles. The van der Waals surface area contributed by atoms with Gasteiger partial charge in [-0.1, -0.05) is 121 Å². The number of rotatable bonds is 11. The van der Waals surface area contributed by atoms with E-state index in [4.69, 9.17) is 11.2 Å². The van der Waals surface area contributed by atoms with E-state index in [1.165, 1.54) is 55.9 Å². The third kappa shape index (κ3) is 10.0. The molecule has 0 unspecified atom stereocenters. The van der Waals surface area contributed by atoms with Crippen molar-refractivity contribution >= 4 is 70.8 Å². The van der Waals surface area contributed by atoms with Crippen molar-refractivity contribution in [3.63, 3.8) is 0 Å². The Morgan fingerprint density at radius 2 is 0.520 bits per heavy atom. The van der Waals surface area contributed by atoms with Crippen LogP contribution in [0.5, 0.6) is 0 Å². The molecule has 0 saturated carbocycles. The van der Waals surface area contributed by atoms with Crippen LogP contribution >= 0.6 is 33.7 Å². The number of benzene rings is 7. The number of hydrogen-bond acceptors (Lipinski definition) is 0. The Morgan fingerprint density at radius 3 is 0.740 bits per heavy atom. The van der Waals surface area contributed by atoms with E-state index in [9.17, 15) is 0 Å². The van der Waals surface area contributed by atoms with Gasteiger partial charge in [0, 0.05) is 22.4 Å². The molecule has 0 amide bonds. The number of hydrogen-bond donors (Lipinski definition) is 0. The summed E-state index contributed by atoms with van der Waals surface area (Å²) in [5.74, 6) is 0. The molecule has 0 heterocycles. The van der Waals surface area contributed by atoms with Crippen LogP contribution in [0, 0.1) is 0 Å². The second-order valence-corrected chi connectivity index (χ2v) is 21.2. The van der Waals surface area contributed by atoms with Crippen LogP contribution < -0.4 is 37.1 Å². The largest absolute Gasteiger partial charge is 0.0622 e. The third-order valence-electron chi connectivity index (χ3n) is 8.55. The summed E-state index contributed by atoms with van der Waals surface area (Å²) in [6.07, 6.45) is 3.72. The fourth-order valence-corrected chi connectivity index (χ4v) is 15.2. The van der Waals surface area contributed by atoms with Crippen molar-refractivity contribution in [3.05, 3.63) is 212 Å². The minimum Gasteiger partial charge on any atom is -0.0622 e. The molecule has 7 rings (SSSR count). The Labute approximate surface area is 322 Å². The molecule has 0 fully saturated rings. The van der Waals surface area contributed by atoms with E-state index in [1.807, 2.05) is 18.2 Å². The Hall–Kier alpha value is -3.14. The second kappa shape index (κ2) is 20.0. The predicted octanol–water partition coefficient (Wildman–Crippen LogP) is 9.51. The molecule has 0 aliphatic heterocycles. The molecule has 0 atom stereocenters. The average Bonchev–Trinajstić information content (AvgIpc) is 3.20. The maximum atomic E-state index is 7.25. The van der Waals surface area contributed by atoms with Gasteiger partial charge in [0.2, 0.25) is 0 Å². The van der Waals surface area contributed by atoms with Gasteiger partial charge in [-0.25, -0.2) is 0 Å². The van der Waals surface area contributed by atoms with Crippen LogP contribution in [0.15, 0.2) is 212 Å². The van der Waals surface area contributed by atoms with Crippen LogP contribution in [-0.2, 0) is 22.4 Å². The smallest absolute Gasteiger partial charge is 0 e. The van der Waals surface area contributed by atoms with Gasteiger partial charge in [0.1, 0.15) is 0 Å². The van der Waals surface area contributed by atoms with Crippen molar-refractivity contribution in [2.45, 2.75) is 6.42 Å². The Bertz CT molecular complexity index is 1670. The first kappa shape index (κ1) is 38.1. The quantitative estimate of drug-likeness (QED) is 0.0897. The van der Waals surface area contributed by atoms with Crippen LogP contribution in [-0.4, -0.2) is 12.3 Å². The first-order valence-corrected chi connectivity index (χ1v) is 22.9. The predicted molar refractivity (Wildman–Crippen MR) is 225 cm³/mol. The van der Waals surface area contributed by atoms with E-state index >= 15 is 0 Å². The summed E-state index contributed by atoms with van der Waals surface area (Å²) in [4.78, 5) is 0. The molecule has 5 heteroatoms. The van der Waals surface area contributed by atoms with Gasteiger partial charge in [0.05, 0.1) is 0 Å². The van der Waals surface area contributed by atoms with Crippen molar-refractivity contribution in [3.8, 4) is 0 Å². The maximum absolute atomic E-state index is 7.25. The van der Waals surface area contributed by atoms with Crippen molar-refractivity contribution in [2.75, 3.05) is 12.3 Å². The van der Waals surface area contributed by atoms with Crippen LogP contribution in [0.25, 0.3) is 0 Å². The summed E-state index contributed by atoms with van der Waals surface area (Å²) in [6, 6.07) is 75.6. The topological polar surface area (TPSA) is 0 Å². The van der Waals surface area contributed by atoms with E-state index < -0.39 is 6.62 Å². The normalized spacial score (nSPS) is 11.3. The minimum absolute atomic E-state index is 0. The maximum Gasteiger partial charge on any atom is 0 e. The summed E-state index contributed by atoms with van der Waals surface area (Å²) < 4.78 is 0. The van der Waals surface area contributed by atoms with Gasteiger partial charge in [0.15, 0.2) is 0 Å². The Balaban J connectivity index is 0.000000203. The van der Waals surface area contributed by atoms with Crippen molar-refractivity contribution in [1.29, 1.82) is 0 Å². The monoisotopic (exact) mass is 907 g/mol. The molecule has 7 aromatic carbocycles. The van der Waals surface area contributed by atoms with Gasteiger partial charge in [-0.05, 0) is 55.8 Å². The Morgan fingerprint density at radius 1 is 0.320 bits per heavy atom. The fourth-order valence-electron chi connectivity index (χ4n) is 6.14. The molecule has 0 aromatic heterocycles. The molecule has 0 spiro atoms. The van der Waals surface area contributed by atoms with E-state index in [0.717, 1.165) is 0 Å².